The van der Waals surface area contributed by atoms with E-state index in [2.05, 4.69) is 16.8 Å². The molecule has 0 unspecified atom stereocenters. The molecule has 2 N–H and O–H groups in total. The minimum atomic E-state index is -3.53. The van der Waals surface area contributed by atoms with Gasteiger partial charge in [0.2, 0.25) is 10.0 Å². The number of sulfonamides is 1. The standard InChI is InChI=1S/C13H19N3O2S/c1-4-16(11(2)3)19(17,18)13-8-12(6-5-7-14)9-15-10-13/h8-11H,4,7,14H2,1-3H3. The van der Waals surface area contributed by atoms with Crippen molar-refractivity contribution in [2.75, 3.05) is 13.1 Å². The number of pyridine rings is 1. The van der Waals surface area contributed by atoms with E-state index in [-0.39, 0.29) is 17.5 Å². The van der Waals surface area contributed by atoms with E-state index in [0.717, 1.165) is 0 Å². The first-order valence-electron chi connectivity index (χ1n) is 6.09. The van der Waals surface area contributed by atoms with Crippen molar-refractivity contribution in [2.45, 2.75) is 31.7 Å². The van der Waals surface area contributed by atoms with Crippen LogP contribution in [-0.2, 0) is 10.0 Å². The van der Waals surface area contributed by atoms with Crippen molar-refractivity contribution >= 4 is 10.0 Å². The quantitative estimate of drug-likeness (QED) is 0.829. The molecule has 0 saturated carbocycles. The summed E-state index contributed by atoms with van der Waals surface area (Å²) in [6, 6.07) is 1.42. The van der Waals surface area contributed by atoms with Gasteiger partial charge in [-0.05, 0) is 19.9 Å². The third-order valence-electron chi connectivity index (χ3n) is 2.54. The molecule has 1 heterocycles. The van der Waals surface area contributed by atoms with Gasteiger partial charge in [-0.3, -0.25) is 4.98 Å². The number of nitrogens with zero attached hydrogens (tertiary/aromatic N) is 2. The Balaban J connectivity index is 3.22. The summed E-state index contributed by atoms with van der Waals surface area (Å²) in [4.78, 5) is 4.09. The first-order chi connectivity index (χ1) is 8.93. The van der Waals surface area contributed by atoms with Crippen LogP contribution in [0.2, 0.25) is 0 Å². The summed E-state index contributed by atoms with van der Waals surface area (Å²) in [5.41, 5.74) is 5.84. The Labute approximate surface area is 114 Å². The van der Waals surface area contributed by atoms with Crippen molar-refractivity contribution in [3.05, 3.63) is 24.0 Å². The molecule has 0 atom stereocenters. The first-order valence-corrected chi connectivity index (χ1v) is 7.53. The Morgan fingerprint density at radius 1 is 1.42 bits per heavy atom. The van der Waals surface area contributed by atoms with Crippen LogP contribution in [0.3, 0.4) is 0 Å². The van der Waals surface area contributed by atoms with Crippen molar-refractivity contribution in [3.63, 3.8) is 0 Å². The predicted molar refractivity (Wildman–Crippen MR) is 74.9 cm³/mol. The van der Waals surface area contributed by atoms with Gasteiger partial charge in [0.05, 0.1) is 6.54 Å². The number of nitrogens with two attached hydrogens (primary N) is 1. The highest BCUT2D eigenvalue weighted by atomic mass is 32.2. The summed E-state index contributed by atoms with van der Waals surface area (Å²) in [6.07, 6.45) is 2.86. The van der Waals surface area contributed by atoms with Gasteiger partial charge in [-0.25, -0.2) is 8.42 Å². The third-order valence-corrected chi connectivity index (χ3v) is 4.66. The minimum absolute atomic E-state index is 0.103. The molecule has 0 aromatic carbocycles. The van der Waals surface area contributed by atoms with E-state index in [1.807, 2.05) is 20.8 Å². The van der Waals surface area contributed by atoms with Gasteiger partial charge in [0.15, 0.2) is 0 Å². The molecule has 1 aromatic rings. The Kier molecular flexibility index (Phi) is 5.48. The minimum Gasteiger partial charge on any atom is -0.320 e. The van der Waals surface area contributed by atoms with Gasteiger partial charge in [-0.1, -0.05) is 18.8 Å². The van der Waals surface area contributed by atoms with Crippen LogP contribution in [0.25, 0.3) is 0 Å². The summed E-state index contributed by atoms with van der Waals surface area (Å²) >= 11 is 0. The lowest BCUT2D eigenvalue weighted by Gasteiger charge is -2.24. The number of hydrogen-bond acceptors (Lipinski definition) is 4. The summed E-state index contributed by atoms with van der Waals surface area (Å²) in [6.45, 7) is 6.13. The second-order valence-electron chi connectivity index (χ2n) is 4.22. The second kappa shape index (κ2) is 6.66. The first kappa shape index (κ1) is 15.6. The second-order valence-corrected chi connectivity index (χ2v) is 6.11. The molecule has 0 bridgehead atoms. The number of rotatable bonds is 4. The van der Waals surface area contributed by atoms with Crippen molar-refractivity contribution in [1.29, 1.82) is 0 Å². The fraction of sp³-hybridized carbons (Fsp3) is 0.462. The van der Waals surface area contributed by atoms with Crippen LogP contribution in [0.4, 0.5) is 0 Å². The SMILES string of the molecule is CCN(C(C)C)S(=O)(=O)c1cncc(C#CCN)c1. The Hall–Kier alpha value is -1.42. The summed E-state index contributed by atoms with van der Waals surface area (Å²) in [5, 5.41) is 0. The van der Waals surface area contributed by atoms with Crippen LogP contribution in [0.15, 0.2) is 23.4 Å². The van der Waals surface area contributed by atoms with Gasteiger partial charge in [0.25, 0.3) is 0 Å². The highest BCUT2D eigenvalue weighted by Gasteiger charge is 2.25. The molecule has 0 saturated heterocycles. The summed E-state index contributed by atoms with van der Waals surface area (Å²) in [5.74, 6) is 5.46. The Bertz CT molecular complexity index is 585. The van der Waals surface area contributed by atoms with Crippen molar-refractivity contribution < 1.29 is 8.42 Å². The molecule has 104 valence electrons. The molecule has 0 aliphatic heterocycles. The molecule has 1 rings (SSSR count). The van der Waals surface area contributed by atoms with Crippen molar-refractivity contribution in [3.8, 4) is 11.8 Å². The van der Waals surface area contributed by atoms with Gasteiger partial charge in [0.1, 0.15) is 4.90 Å². The molecule has 0 fully saturated rings. The van der Waals surface area contributed by atoms with Crippen LogP contribution in [-0.4, -0.2) is 36.8 Å². The zero-order chi connectivity index (χ0) is 14.5. The zero-order valence-corrected chi connectivity index (χ0v) is 12.2. The van der Waals surface area contributed by atoms with Gasteiger partial charge < -0.3 is 5.73 Å². The monoisotopic (exact) mass is 281 g/mol. The lowest BCUT2D eigenvalue weighted by Crippen LogP contribution is -2.36. The zero-order valence-electron chi connectivity index (χ0n) is 11.4. The number of aromatic nitrogens is 1. The Morgan fingerprint density at radius 2 is 2.11 bits per heavy atom. The number of hydrogen-bond donors (Lipinski definition) is 1. The third kappa shape index (κ3) is 3.77. The van der Waals surface area contributed by atoms with Gasteiger partial charge in [-0.2, -0.15) is 4.31 Å². The molecular weight excluding hydrogens is 262 g/mol. The van der Waals surface area contributed by atoms with E-state index in [1.54, 1.807) is 0 Å². The van der Waals surface area contributed by atoms with Gasteiger partial charge >= 0.3 is 0 Å². The van der Waals surface area contributed by atoms with E-state index in [4.69, 9.17) is 5.73 Å². The smallest absolute Gasteiger partial charge is 0.244 e. The van der Waals surface area contributed by atoms with Crippen LogP contribution in [0.5, 0.6) is 0 Å². The van der Waals surface area contributed by atoms with E-state index in [1.165, 1.54) is 22.8 Å². The molecule has 0 aliphatic carbocycles. The summed E-state index contributed by atoms with van der Waals surface area (Å²) in [7, 11) is -3.53. The predicted octanol–water partition coefficient (Wildman–Crippen LogP) is 0.811. The summed E-state index contributed by atoms with van der Waals surface area (Å²) < 4.78 is 26.3. The average Bonchev–Trinajstić information content (AvgIpc) is 2.36. The molecule has 19 heavy (non-hydrogen) atoms. The van der Waals surface area contributed by atoms with Crippen molar-refractivity contribution in [1.82, 2.24) is 9.29 Å². The van der Waals surface area contributed by atoms with E-state index in [9.17, 15) is 8.42 Å². The topological polar surface area (TPSA) is 76.3 Å². The lowest BCUT2D eigenvalue weighted by molar-refractivity contribution is 0.369. The molecule has 0 aliphatic rings. The average molecular weight is 281 g/mol. The largest absolute Gasteiger partial charge is 0.320 e. The molecule has 6 heteroatoms. The van der Waals surface area contributed by atoms with E-state index < -0.39 is 10.0 Å². The molecular formula is C13H19N3O2S. The molecule has 0 amide bonds. The highest BCUT2D eigenvalue weighted by molar-refractivity contribution is 7.89. The molecule has 5 nitrogen and oxygen atoms in total. The van der Waals surface area contributed by atoms with Crippen LogP contribution < -0.4 is 5.73 Å². The van der Waals surface area contributed by atoms with Crippen LogP contribution in [0.1, 0.15) is 26.3 Å². The maximum Gasteiger partial charge on any atom is 0.244 e. The highest BCUT2D eigenvalue weighted by Crippen LogP contribution is 2.17. The normalized spacial score (nSPS) is 11.5. The maximum absolute atomic E-state index is 12.4. The van der Waals surface area contributed by atoms with Crippen molar-refractivity contribution in [2.24, 2.45) is 5.73 Å². The fourth-order valence-electron chi connectivity index (χ4n) is 1.73. The fourth-order valence-corrected chi connectivity index (χ4v) is 3.37. The van der Waals surface area contributed by atoms with E-state index >= 15 is 0 Å². The van der Waals surface area contributed by atoms with E-state index in [0.29, 0.717) is 12.1 Å². The molecule has 0 radical (unpaired) electrons. The van der Waals surface area contributed by atoms with Gasteiger partial charge in [0, 0.05) is 30.5 Å². The van der Waals surface area contributed by atoms with Gasteiger partial charge in [-0.15, -0.1) is 0 Å². The Morgan fingerprint density at radius 3 is 2.63 bits per heavy atom. The van der Waals surface area contributed by atoms with Crippen LogP contribution >= 0.6 is 0 Å². The maximum atomic E-state index is 12.4. The molecule has 0 spiro atoms. The lowest BCUT2D eigenvalue weighted by atomic mass is 10.3. The van der Waals surface area contributed by atoms with Crippen LogP contribution in [0, 0.1) is 11.8 Å². The molecule has 1 aromatic heterocycles.